The summed E-state index contributed by atoms with van der Waals surface area (Å²) in [6.07, 6.45) is 10.2. The van der Waals surface area contributed by atoms with Gasteiger partial charge in [0.15, 0.2) is 5.54 Å². The van der Waals surface area contributed by atoms with E-state index in [4.69, 9.17) is 4.74 Å². The van der Waals surface area contributed by atoms with Gasteiger partial charge in [0, 0.05) is 24.4 Å². The first-order valence-corrected chi connectivity index (χ1v) is 12.5. The van der Waals surface area contributed by atoms with Crippen molar-refractivity contribution in [2.24, 2.45) is 28.6 Å². The summed E-state index contributed by atoms with van der Waals surface area (Å²) in [7, 11) is 0. The molecule has 4 fully saturated rings. The first-order valence-electron chi connectivity index (χ1n) is 12.5. The van der Waals surface area contributed by atoms with Crippen molar-refractivity contribution in [3.63, 3.8) is 0 Å². The molecule has 8 atom stereocenters. The molecule has 168 valence electrons. The second-order valence-electron chi connectivity index (χ2n) is 11.5. The maximum atomic E-state index is 11.5. The standard InChI is InChI=1S/C28H34N2O2/c1-18(31)32-21-11-13-26(2)19(15-21)9-10-22-23(26)12-14-27(3)24(22)16-25-28(27,17-29)30(25)20-7-5-4-6-8-20/h4-9,21-25H,10-16H2,1-3H3/t21-,22+,23-,24-,25+,26-,27-,28+,30?/m0/s1. The summed E-state index contributed by atoms with van der Waals surface area (Å²) in [6.45, 7) is 6.43. The molecule has 1 heterocycles. The number of hydrogen-bond donors (Lipinski definition) is 0. The number of piperidine rings is 1. The predicted octanol–water partition coefficient (Wildman–Crippen LogP) is 5.64. The Hall–Kier alpha value is -2.28. The molecule has 32 heavy (non-hydrogen) atoms. The number of anilines is 1. The van der Waals surface area contributed by atoms with E-state index in [9.17, 15) is 10.1 Å². The summed E-state index contributed by atoms with van der Waals surface area (Å²) in [4.78, 5) is 13.9. The number of carbonyl (C=O) groups is 1. The summed E-state index contributed by atoms with van der Waals surface area (Å²) in [5.41, 5.74) is 2.69. The number of rotatable bonds is 2. The van der Waals surface area contributed by atoms with E-state index in [1.165, 1.54) is 24.6 Å². The van der Waals surface area contributed by atoms with Gasteiger partial charge in [0.2, 0.25) is 0 Å². The molecule has 1 saturated heterocycles. The number of allylic oxidation sites excluding steroid dienone is 1. The van der Waals surface area contributed by atoms with Crippen molar-refractivity contribution in [2.45, 2.75) is 83.4 Å². The molecule has 0 bridgehead atoms. The van der Waals surface area contributed by atoms with Gasteiger partial charge in [0.25, 0.3) is 0 Å². The summed E-state index contributed by atoms with van der Waals surface area (Å²) in [6, 6.07) is 13.8. The van der Waals surface area contributed by atoms with E-state index in [0.717, 1.165) is 38.5 Å². The molecular formula is C28H34N2O2. The number of benzene rings is 1. The van der Waals surface area contributed by atoms with E-state index >= 15 is 0 Å². The number of esters is 1. The average molecular weight is 431 g/mol. The third-order valence-corrected chi connectivity index (χ3v) is 10.4. The highest BCUT2D eigenvalue weighted by atomic mass is 16.5. The van der Waals surface area contributed by atoms with Gasteiger partial charge in [-0.25, -0.2) is 0 Å². The summed E-state index contributed by atoms with van der Waals surface area (Å²) < 4.78 is 5.59. The van der Waals surface area contributed by atoms with E-state index in [1.54, 1.807) is 0 Å². The SMILES string of the molecule is CC(=O)O[C@H]1CC[C@@]2(C)C(=CC[C@@H]3[C@@H]2CC[C@@]2(C)[C@H]3C[C@H]3N(c4ccccc4)[C@]32C#N)C1. The first kappa shape index (κ1) is 20.3. The first-order chi connectivity index (χ1) is 15.3. The van der Waals surface area contributed by atoms with Crippen LogP contribution in [-0.4, -0.2) is 23.7 Å². The van der Waals surface area contributed by atoms with Crippen molar-refractivity contribution in [1.82, 2.24) is 0 Å². The van der Waals surface area contributed by atoms with Crippen LogP contribution >= 0.6 is 0 Å². The molecule has 0 N–H and O–H groups in total. The van der Waals surface area contributed by atoms with Crippen LogP contribution in [0.2, 0.25) is 0 Å². The summed E-state index contributed by atoms with van der Waals surface area (Å²) in [5.74, 6) is 1.82. The van der Waals surface area contributed by atoms with Crippen LogP contribution in [0.25, 0.3) is 0 Å². The fraction of sp³-hybridized carbons (Fsp3) is 0.643. The molecule has 1 aromatic rings. The van der Waals surface area contributed by atoms with Gasteiger partial charge in [-0.1, -0.05) is 43.7 Å². The normalized spacial score (nSPS) is 46.0. The molecule has 5 aliphatic rings. The van der Waals surface area contributed by atoms with Crippen molar-refractivity contribution in [2.75, 3.05) is 4.90 Å². The lowest BCUT2D eigenvalue weighted by atomic mass is 9.47. The fourth-order valence-electron chi connectivity index (χ4n) is 8.94. The zero-order valence-electron chi connectivity index (χ0n) is 19.5. The second kappa shape index (κ2) is 6.62. The third-order valence-electron chi connectivity index (χ3n) is 10.4. The Morgan fingerprint density at radius 3 is 2.66 bits per heavy atom. The lowest BCUT2D eigenvalue weighted by Crippen LogP contribution is -2.54. The van der Waals surface area contributed by atoms with Gasteiger partial charge in [-0.05, 0) is 73.8 Å². The number of fused-ring (bicyclic) bond motifs is 7. The highest BCUT2D eigenvalue weighted by molar-refractivity contribution is 5.68. The largest absolute Gasteiger partial charge is 0.462 e. The Balaban J connectivity index is 1.29. The molecule has 4 aliphatic carbocycles. The van der Waals surface area contributed by atoms with Crippen molar-refractivity contribution >= 4 is 11.7 Å². The Bertz CT molecular complexity index is 1030. The smallest absolute Gasteiger partial charge is 0.302 e. The third kappa shape index (κ3) is 2.40. The van der Waals surface area contributed by atoms with Crippen LogP contribution in [0.15, 0.2) is 42.0 Å². The highest BCUT2D eigenvalue weighted by Crippen LogP contribution is 2.74. The van der Waals surface area contributed by atoms with Crippen LogP contribution < -0.4 is 4.90 Å². The molecule has 1 aromatic carbocycles. The van der Waals surface area contributed by atoms with Crippen LogP contribution in [0.5, 0.6) is 0 Å². The van der Waals surface area contributed by atoms with Gasteiger partial charge in [0.05, 0.1) is 12.1 Å². The molecule has 6 rings (SSSR count). The molecular weight excluding hydrogens is 396 g/mol. The number of nitriles is 1. The van der Waals surface area contributed by atoms with Crippen LogP contribution in [0.3, 0.4) is 0 Å². The van der Waals surface area contributed by atoms with E-state index < -0.39 is 0 Å². The minimum absolute atomic E-state index is 0.0534. The van der Waals surface area contributed by atoms with Crippen LogP contribution in [0.1, 0.15) is 65.7 Å². The topological polar surface area (TPSA) is 53.1 Å². The molecule has 0 aromatic heterocycles. The Morgan fingerprint density at radius 2 is 1.94 bits per heavy atom. The zero-order chi connectivity index (χ0) is 22.3. The number of hydrogen-bond acceptors (Lipinski definition) is 4. The van der Waals surface area contributed by atoms with E-state index in [-0.39, 0.29) is 28.4 Å². The highest BCUT2D eigenvalue weighted by Gasteiger charge is 2.80. The molecule has 0 radical (unpaired) electrons. The van der Waals surface area contributed by atoms with Crippen LogP contribution in [0.4, 0.5) is 5.69 Å². The van der Waals surface area contributed by atoms with Crippen molar-refractivity contribution in [1.29, 1.82) is 5.26 Å². The lowest BCUT2D eigenvalue weighted by molar-refractivity contribution is -0.148. The number of ether oxygens (including phenoxy) is 1. The molecule has 3 saturated carbocycles. The van der Waals surface area contributed by atoms with Crippen molar-refractivity contribution in [3.8, 4) is 6.07 Å². The predicted molar refractivity (Wildman–Crippen MR) is 124 cm³/mol. The molecule has 0 unspecified atom stereocenters. The summed E-state index contributed by atoms with van der Waals surface area (Å²) >= 11 is 0. The average Bonchev–Trinajstić information content (AvgIpc) is 3.37. The molecule has 4 nitrogen and oxygen atoms in total. The Kier molecular flexibility index (Phi) is 4.21. The zero-order valence-corrected chi connectivity index (χ0v) is 19.5. The van der Waals surface area contributed by atoms with E-state index in [2.05, 4.69) is 61.2 Å². The van der Waals surface area contributed by atoms with Gasteiger partial charge in [0.1, 0.15) is 6.10 Å². The quantitative estimate of drug-likeness (QED) is 0.346. The monoisotopic (exact) mass is 430 g/mol. The van der Waals surface area contributed by atoms with E-state index in [0.29, 0.717) is 23.8 Å². The number of nitrogens with zero attached hydrogens (tertiary/aromatic N) is 2. The maximum absolute atomic E-state index is 11.5. The van der Waals surface area contributed by atoms with Crippen molar-refractivity contribution < 1.29 is 9.53 Å². The van der Waals surface area contributed by atoms with Gasteiger partial charge in [-0.3, -0.25) is 4.79 Å². The minimum Gasteiger partial charge on any atom is -0.462 e. The minimum atomic E-state index is -0.331. The lowest BCUT2D eigenvalue weighted by Gasteiger charge is -2.58. The van der Waals surface area contributed by atoms with Gasteiger partial charge in [-0.15, -0.1) is 0 Å². The van der Waals surface area contributed by atoms with Crippen LogP contribution in [0, 0.1) is 39.9 Å². The van der Waals surface area contributed by atoms with Gasteiger partial charge in [-0.2, -0.15) is 5.26 Å². The van der Waals surface area contributed by atoms with Crippen molar-refractivity contribution in [3.05, 3.63) is 42.0 Å². The number of carbonyl (C=O) groups excluding carboxylic acids is 1. The maximum Gasteiger partial charge on any atom is 0.302 e. The Morgan fingerprint density at radius 1 is 1.16 bits per heavy atom. The summed E-state index contributed by atoms with van der Waals surface area (Å²) in [5, 5.41) is 10.5. The molecule has 0 spiro atoms. The molecule has 0 amide bonds. The van der Waals surface area contributed by atoms with E-state index in [1.807, 2.05) is 0 Å². The number of para-hydroxylation sites is 1. The fourth-order valence-corrected chi connectivity index (χ4v) is 8.94. The second-order valence-corrected chi connectivity index (χ2v) is 11.5. The van der Waals surface area contributed by atoms with Crippen LogP contribution in [-0.2, 0) is 9.53 Å². The van der Waals surface area contributed by atoms with Gasteiger partial charge < -0.3 is 9.64 Å². The van der Waals surface area contributed by atoms with Gasteiger partial charge >= 0.3 is 5.97 Å². The molecule has 4 heteroatoms. The molecule has 1 aliphatic heterocycles. The Labute approximate surface area is 191 Å².